The number of furan rings is 1. The van der Waals surface area contributed by atoms with E-state index in [1.165, 1.54) is 23.1 Å². The third-order valence-corrected chi connectivity index (χ3v) is 6.07. The number of hydrogen-bond donors (Lipinski definition) is 1. The molecule has 0 aliphatic carbocycles. The van der Waals surface area contributed by atoms with Crippen molar-refractivity contribution in [2.45, 2.75) is 33.1 Å². The lowest BCUT2D eigenvalue weighted by Crippen LogP contribution is -2.43. The van der Waals surface area contributed by atoms with Crippen molar-refractivity contribution in [1.29, 1.82) is 0 Å². The highest BCUT2D eigenvalue weighted by atomic mass is 35.5. The van der Waals surface area contributed by atoms with Gasteiger partial charge in [-0.2, -0.15) is 0 Å². The first-order chi connectivity index (χ1) is 15.7. The molecule has 0 bridgehead atoms. The van der Waals surface area contributed by atoms with E-state index in [0.717, 1.165) is 0 Å². The Balaban J connectivity index is 1.74. The number of halogens is 2. The van der Waals surface area contributed by atoms with Crippen LogP contribution in [0.4, 0.5) is 4.39 Å². The van der Waals surface area contributed by atoms with E-state index in [4.69, 9.17) is 16.0 Å². The molecule has 1 aromatic carbocycles. The van der Waals surface area contributed by atoms with Gasteiger partial charge < -0.3 is 14.6 Å². The zero-order chi connectivity index (χ0) is 24.1. The number of rotatable bonds is 11. The summed E-state index contributed by atoms with van der Waals surface area (Å²) >= 11 is 5.73. The second-order valence-corrected chi connectivity index (χ2v) is 9.13. The predicted molar refractivity (Wildman–Crippen MR) is 121 cm³/mol. The van der Waals surface area contributed by atoms with E-state index in [1.54, 1.807) is 6.07 Å². The summed E-state index contributed by atoms with van der Waals surface area (Å²) in [6.07, 6.45) is 0.896. The fourth-order valence-electron chi connectivity index (χ4n) is 4.13. The highest BCUT2D eigenvalue weighted by molar-refractivity contribution is 6.27. The fourth-order valence-corrected chi connectivity index (χ4v) is 4.30. The van der Waals surface area contributed by atoms with Gasteiger partial charge in [-0.1, -0.05) is 19.9 Å². The molecule has 2 aromatic rings. The SMILES string of the molecule is CC(C)C[C@H](CC(=O)c1cc2c(F)cccc2o1)C(=O)CN(C[C@@H]1CCNC1=O)C(=O)CCl. The minimum atomic E-state index is -0.654. The summed E-state index contributed by atoms with van der Waals surface area (Å²) < 4.78 is 19.5. The first kappa shape index (κ1) is 24.9. The molecular weight excluding hydrogens is 451 g/mol. The normalized spacial score (nSPS) is 16.8. The zero-order valence-corrected chi connectivity index (χ0v) is 19.5. The van der Waals surface area contributed by atoms with E-state index in [-0.39, 0.29) is 65.6 Å². The van der Waals surface area contributed by atoms with Crippen molar-refractivity contribution in [2.24, 2.45) is 17.8 Å². The Morgan fingerprint density at radius 3 is 2.67 bits per heavy atom. The van der Waals surface area contributed by atoms with Crippen LogP contribution in [-0.4, -0.2) is 53.8 Å². The number of Topliss-reactive ketones (excluding diaryl/α,β-unsaturated/α-hetero) is 2. The Bertz CT molecular complexity index is 1050. The molecule has 0 spiro atoms. The standard InChI is InChI=1S/C24H28ClFN2O5/c1-14(2)8-16(9-19(29)22-10-17-18(26)4-3-5-21(17)33-22)20(30)13-28(23(31)11-25)12-15-6-7-27-24(15)32/h3-5,10,14-16H,6-9,11-13H2,1-2H3,(H,27,32)/t15-,16+/m0/s1. The number of carbonyl (C=O) groups excluding carboxylic acids is 4. The van der Waals surface area contributed by atoms with E-state index in [0.29, 0.717) is 19.4 Å². The number of alkyl halides is 1. The van der Waals surface area contributed by atoms with Crippen LogP contribution in [0.5, 0.6) is 0 Å². The largest absolute Gasteiger partial charge is 0.453 e. The lowest BCUT2D eigenvalue weighted by atomic mass is 9.88. The lowest BCUT2D eigenvalue weighted by molar-refractivity contribution is -0.136. The zero-order valence-electron chi connectivity index (χ0n) is 18.7. The summed E-state index contributed by atoms with van der Waals surface area (Å²) in [5.41, 5.74) is 0.263. The van der Waals surface area contributed by atoms with Gasteiger partial charge in [0, 0.05) is 25.4 Å². The molecule has 0 unspecified atom stereocenters. The molecule has 7 nitrogen and oxygen atoms in total. The van der Waals surface area contributed by atoms with Crippen molar-refractivity contribution in [2.75, 3.05) is 25.5 Å². The first-order valence-electron chi connectivity index (χ1n) is 11.0. The molecule has 1 aliphatic heterocycles. The van der Waals surface area contributed by atoms with Gasteiger partial charge in [0.1, 0.15) is 17.3 Å². The smallest absolute Gasteiger partial charge is 0.237 e. The van der Waals surface area contributed by atoms with E-state index in [9.17, 15) is 23.6 Å². The van der Waals surface area contributed by atoms with Crippen molar-refractivity contribution in [3.05, 3.63) is 35.8 Å². The Morgan fingerprint density at radius 1 is 1.30 bits per heavy atom. The molecule has 2 amide bonds. The molecule has 0 saturated carbocycles. The minimum absolute atomic E-state index is 0.00651. The Morgan fingerprint density at radius 2 is 2.06 bits per heavy atom. The fraction of sp³-hybridized carbons (Fsp3) is 0.500. The van der Waals surface area contributed by atoms with Gasteiger partial charge in [0.25, 0.3) is 0 Å². The molecule has 2 atom stereocenters. The van der Waals surface area contributed by atoms with Crippen molar-refractivity contribution in [3.8, 4) is 0 Å². The van der Waals surface area contributed by atoms with Crippen LogP contribution < -0.4 is 5.32 Å². The number of carbonyl (C=O) groups is 4. The second-order valence-electron chi connectivity index (χ2n) is 8.87. The van der Waals surface area contributed by atoms with Gasteiger partial charge in [0.15, 0.2) is 17.3 Å². The van der Waals surface area contributed by atoms with E-state index in [1.807, 2.05) is 13.8 Å². The summed E-state index contributed by atoms with van der Waals surface area (Å²) in [4.78, 5) is 51.7. The molecule has 2 heterocycles. The van der Waals surface area contributed by atoms with Gasteiger partial charge in [0.05, 0.1) is 17.8 Å². The Hall–Kier alpha value is -2.74. The van der Waals surface area contributed by atoms with Gasteiger partial charge >= 0.3 is 0 Å². The Labute approximate surface area is 196 Å². The number of hydrogen-bond acceptors (Lipinski definition) is 5. The number of nitrogens with zero attached hydrogens (tertiary/aromatic N) is 1. The second kappa shape index (κ2) is 10.9. The van der Waals surface area contributed by atoms with Crippen molar-refractivity contribution in [1.82, 2.24) is 10.2 Å². The summed E-state index contributed by atoms with van der Waals surface area (Å²) in [5.74, 6) is -3.00. The molecule has 1 aromatic heterocycles. The summed E-state index contributed by atoms with van der Waals surface area (Å²) in [6.45, 7) is 4.28. The van der Waals surface area contributed by atoms with Gasteiger partial charge in [-0.15, -0.1) is 11.6 Å². The molecule has 0 radical (unpaired) electrons. The maximum atomic E-state index is 14.0. The van der Waals surface area contributed by atoms with E-state index >= 15 is 0 Å². The Kier molecular flexibility index (Phi) is 8.24. The average Bonchev–Trinajstić information content (AvgIpc) is 3.39. The van der Waals surface area contributed by atoms with Crippen LogP contribution in [0, 0.1) is 23.6 Å². The summed E-state index contributed by atoms with van der Waals surface area (Å²) in [7, 11) is 0. The lowest BCUT2D eigenvalue weighted by Gasteiger charge is -2.26. The summed E-state index contributed by atoms with van der Waals surface area (Å²) in [5, 5.41) is 2.93. The quantitative estimate of drug-likeness (QED) is 0.393. The monoisotopic (exact) mass is 478 g/mol. The number of benzene rings is 1. The van der Waals surface area contributed by atoms with E-state index < -0.39 is 23.4 Å². The summed E-state index contributed by atoms with van der Waals surface area (Å²) in [6, 6.07) is 5.70. The third kappa shape index (κ3) is 6.19. The van der Waals surface area contributed by atoms with Crippen molar-refractivity contribution >= 4 is 46.0 Å². The van der Waals surface area contributed by atoms with Crippen LogP contribution in [-0.2, 0) is 14.4 Å². The van der Waals surface area contributed by atoms with Crippen LogP contribution in [0.2, 0.25) is 0 Å². The third-order valence-electron chi connectivity index (χ3n) is 5.84. The molecule has 1 saturated heterocycles. The molecule has 9 heteroatoms. The molecule has 1 fully saturated rings. The predicted octanol–water partition coefficient (Wildman–Crippen LogP) is 3.58. The maximum absolute atomic E-state index is 14.0. The van der Waals surface area contributed by atoms with Crippen LogP contribution in [0.15, 0.2) is 28.7 Å². The average molecular weight is 479 g/mol. The highest BCUT2D eigenvalue weighted by Crippen LogP contribution is 2.26. The minimum Gasteiger partial charge on any atom is -0.453 e. The van der Waals surface area contributed by atoms with Crippen molar-refractivity contribution in [3.63, 3.8) is 0 Å². The molecular formula is C24H28ClFN2O5. The van der Waals surface area contributed by atoms with Crippen LogP contribution >= 0.6 is 11.6 Å². The number of ketones is 2. The molecule has 3 rings (SSSR count). The van der Waals surface area contributed by atoms with Gasteiger partial charge in [-0.05, 0) is 37.0 Å². The molecule has 1 aliphatic rings. The van der Waals surface area contributed by atoms with Gasteiger partial charge in [-0.3, -0.25) is 19.2 Å². The van der Waals surface area contributed by atoms with Crippen LogP contribution in [0.3, 0.4) is 0 Å². The maximum Gasteiger partial charge on any atom is 0.237 e. The van der Waals surface area contributed by atoms with Crippen LogP contribution in [0.25, 0.3) is 11.0 Å². The van der Waals surface area contributed by atoms with Gasteiger partial charge in [-0.25, -0.2) is 4.39 Å². The number of nitrogens with one attached hydrogen (secondary N) is 1. The molecule has 178 valence electrons. The topological polar surface area (TPSA) is 96.7 Å². The van der Waals surface area contributed by atoms with E-state index in [2.05, 4.69) is 5.32 Å². The number of amides is 2. The van der Waals surface area contributed by atoms with Crippen LogP contribution in [0.1, 0.15) is 43.7 Å². The van der Waals surface area contributed by atoms with Crippen molar-refractivity contribution < 1.29 is 28.0 Å². The van der Waals surface area contributed by atoms with Gasteiger partial charge in [0.2, 0.25) is 11.8 Å². The molecule has 33 heavy (non-hydrogen) atoms. The first-order valence-corrected chi connectivity index (χ1v) is 11.6. The molecule has 1 N–H and O–H groups in total. The number of fused-ring (bicyclic) bond motifs is 1. The highest BCUT2D eigenvalue weighted by Gasteiger charge is 2.32.